The van der Waals surface area contributed by atoms with Gasteiger partial charge in [0.05, 0.1) is 6.42 Å². The lowest BCUT2D eigenvalue weighted by Crippen LogP contribution is -2.12. The minimum absolute atomic E-state index is 0.0936. The zero-order chi connectivity index (χ0) is 15.4. The highest BCUT2D eigenvalue weighted by molar-refractivity contribution is 6.04. The van der Waals surface area contributed by atoms with E-state index < -0.39 is 11.9 Å². The van der Waals surface area contributed by atoms with Crippen LogP contribution in [0.1, 0.15) is 15.9 Å². The first-order valence-corrected chi connectivity index (χ1v) is 6.09. The summed E-state index contributed by atoms with van der Waals surface area (Å²) in [5, 5.41) is 30.0. The van der Waals surface area contributed by atoms with Gasteiger partial charge in [0.25, 0.3) is 5.91 Å². The highest BCUT2D eigenvalue weighted by Gasteiger charge is 2.09. The highest BCUT2D eigenvalue weighted by Crippen LogP contribution is 2.21. The van der Waals surface area contributed by atoms with Gasteiger partial charge in [0, 0.05) is 17.3 Å². The van der Waals surface area contributed by atoms with Gasteiger partial charge in [-0.05, 0) is 29.8 Å². The molecule has 1 amide bonds. The number of carboxylic acid groups (broad SMARTS) is 1. The molecule has 0 spiro atoms. The molecular weight excluding hydrogens is 274 g/mol. The smallest absolute Gasteiger partial charge is 0.307 e. The molecule has 0 heterocycles. The molecule has 6 nitrogen and oxygen atoms in total. The summed E-state index contributed by atoms with van der Waals surface area (Å²) in [4.78, 5) is 22.7. The number of hydrogen-bond acceptors (Lipinski definition) is 4. The summed E-state index contributed by atoms with van der Waals surface area (Å²) in [6, 6.07) is 9.99. The Hall–Kier alpha value is -3.02. The number of benzene rings is 2. The Kier molecular flexibility index (Phi) is 4.08. The van der Waals surface area contributed by atoms with Gasteiger partial charge in [0.2, 0.25) is 0 Å². The van der Waals surface area contributed by atoms with E-state index in [0.717, 1.165) is 6.07 Å². The molecule has 0 aliphatic carbocycles. The van der Waals surface area contributed by atoms with Crippen LogP contribution in [-0.2, 0) is 11.2 Å². The number of aromatic hydroxyl groups is 2. The molecule has 0 aliphatic rings. The molecule has 0 unspecified atom stereocenters. The number of carboxylic acids is 1. The van der Waals surface area contributed by atoms with E-state index in [4.69, 9.17) is 5.11 Å². The Morgan fingerprint density at radius 2 is 1.67 bits per heavy atom. The normalized spacial score (nSPS) is 10.1. The quantitative estimate of drug-likeness (QED) is 0.688. The maximum Gasteiger partial charge on any atom is 0.307 e. The number of anilines is 1. The Morgan fingerprint density at radius 3 is 2.29 bits per heavy atom. The Balaban J connectivity index is 2.17. The topological polar surface area (TPSA) is 107 Å². The molecule has 2 rings (SSSR count). The molecule has 0 radical (unpaired) electrons. The molecule has 108 valence electrons. The fraction of sp³-hybridized carbons (Fsp3) is 0.0667. The molecule has 0 saturated carbocycles. The largest absolute Gasteiger partial charge is 0.508 e. The number of carbonyl (C=O) groups excluding carboxylic acids is 1. The van der Waals surface area contributed by atoms with E-state index in [0.29, 0.717) is 11.3 Å². The number of hydrogen-bond donors (Lipinski definition) is 4. The van der Waals surface area contributed by atoms with Crippen molar-refractivity contribution in [2.45, 2.75) is 6.42 Å². The second kappa shape index (κ2) is 5.96. The van der Waals surface area contributed by atoms with E-state index in [9.17, 15) is 19.8 Å². The zero-order valence-corrected chi connectivity index (χ0v) is 10.9. The standard InChI is InChI=1S/C15H13NO5/c17-12-6-10(7-13(18)8-12)15(21)16-11-3-1-2-9(4-11)5-14(19)20/h1-4,6-8,17-18H,5H2,(H,16,21)(H,19,20). The first-order valence-electron chi connectivity index (χ1n) is 6.09. The van der Waals surface area contributed by atoms with Gasteiger partial charge in [0.1, 0.15) is 11.5 Å². The predicted octanol–water partition coefficient (Wildman–Crippen LogP) is 1.98. The molecule has 2 aromatic carbocycles. The summed E-state index contributed by atoms with van der Waals surface area (Å²) in [6.45, 7) is 0. The third kappa shape index (κ3) is 3.97. The van der Waals surface area contributed by atoms with Crippen LogP contribution >= 0.6 is 0 Å². The molecular formula is C15H13NO5. The SMILES string of the molecule is O=C(O)Cc1cccc(NC(=O)c2cc(O)cc(O)c2)c1. The minimum Gasteiger partial charge on any atom is -0.508 e. The first-order chi connectivity index (χ1) is 9.94. The number of aliphatic carboxylic acids is 1. The van der Waals surface area contributed by atoms with Crippen molar-refractivity contribution in [3.63, 3.8) is 0 Å². The molecule has 0 bridgehead atoms. The number of amides is 1. The lowest BCUT2D eigenvalue weighted by molar-refractivity contribution is -0.136. The second-order valence-corrected chi connectivity index (χ2v) is 4.46. The summed E-state index contributed by atoms with van der Waals surface area (Å²) >= 11 is 0. The van der Waals surface area contributed by atoms with E-state index in [1.807, 2.05) is 0 Å². The van der Waals surface area contributed by atoms with Crippen LogP contribution in [-0.4, -0.2) is 27.2 Å². The fourth-order valence-electron chi connectivity index (χ4n) is 1.86. The van der Waals surface area contributed by atoms with E-state index in [-0.39, 0.29) is 23.5 Å². The third-order valence-corrected chi connectivity index (χ3v) is 2.70. The van der Waals surface area contributed by atoms with Crippen LogP contribution in [0.25, 0.3) is 0 Å². The maximum atomic E-state index is 12.0. The Bertz CT molecular complexity index is 676. The van der Waals surface area contributed by atoms with E-state index >= 15 is 0 Å². The molecule has 21 heavy (non-hydrogen) atoms. The summed E-state index contributed by atoms with van der Waals surface area (Å²) in [5.74, 6) is -1.93. The van der Waals surface area contributed by atoms with Crippen LogP contribution in [0.2, 0.25) is 0 Å². The number of carbonyl (C=O) groups is 2. The van der Waals surface area contributed by atoms with Crippen molar-refractivity contribution >= 4 is 17.6 Å². The van der Waals surface area contributed by atoms with Crippen LogP contribution < -0.4 is 5.32 Å². The molecule has 0 saturated heterocycles. The third-order valence-electron chi connectivity index (χ3n) is 2.70. The van der Waals surface area contributed by atoms with E-state index in [1.54, 1.807) is 24.3 Å². The molecule has 6 heteroatoms. The van der Waals surface area contributed by atoms with E-state index in [2.05, 4.69) is 5.32 Å². The summed E-state index contributed by atoms with van der Waals surface area (Å²) in [5.41, 5.74) is 1.08. The van der Waals surface area contributed by atoms with Gasteiger partial charge >= 0.3 is 5.97 Å². The van der Waals surface area contributed by atoms with Gasteiger partial charge in [0.15, 0.2) is 0 Å². The van der Waals surface area contributed by atoms with Crippen molar-refractivity contribution in [3.8, 4) is 11.5 Å². The molecule has 0 atom stereocenters. The minimum atomic E-state index is -0.962. The van der Waals surface area contributed by atoms with Crippen molar-refractivity contribution in [1.29, 1.82) is 0 Å². The summed E-state index contributed by atoms with van der Waals surface area (Å²) < 4.78 is 0. The summed E-state index contributed by atoms with van der Waals surface area (Å²) in [7, 11) is 0. The van der Waals surface area contributed by atoms with E-state index in [1.165, 1.54) is 12.1 Å². The number of nitrogens with one attached hydrogen (secondary N) is 1. The number of rotatable bonds is 4. The predicted molar refractivity (Wildman–Crippen MR) is 75.5 cm³/mol. The van der Waals surface area contributed by atoms with Crippen molar-refractivity contribution < 1.29 is 24.9 Å². The zero-order valence-electron chi connectivity index (χ0n) is 10.9. The molecule has 0 aromatic heterocycles. The molecule has 0 aliphatic heterocycles. The van der Waals surface area contributed by atoms with Crippen molar-refractivity contribution in [2.75, 3.05) is 5.32 Å². The molecule has 2 aromatic rings. The van der Waals surface area contributed by atoms with Gasteiger partial charge in [-0.25, -0.2) is 0 Å². The van der Waals surface area contributed by atoms with Gasteiger partial charge < -0.3 is 20.6 Å². The lowest BCUT2D eigenvalue weighted by Gasteiger charge is -2.07. The van der Waals surface area contributed by atoms with Crippen LogP contribution in [0.3, 0.4) is 0 Å². The monoisotopic (exact) mass is 287 g/mol. The lowest BCUT2D eigenvalue weighted by atomic mass is 10.1. The van der Waals surface area contributed by atoms with Gasteiger partial charge in [-0.3, -0.25) is 9.59 Å². The molecule has 0 fully saturated rings. The van der Waals surface area contributed by atoms with Gasteiger partial charge in [-0.1, -0.05) is 12.1 Å². The maximum absolute atomic E-state index is 12.0. The Labute approximate surface area is 120 Å². The van der Waals surface area contributed by atoms with Crippen LogP contribution in [0.15, 0.2) is 42.5 Å². The van der Waals surface area contributed by atoms with Gasteiger partial charge in [-0.2, -0.15) is 0 Å². The number of phenolic OH excluding ortho intramolecular Hbond substituents is 2. The average Bonchev–Trinajstić information content (AvgIpc) is 2.37. The first kappa shape index (κ1) is 14.4. The fourth-order valence-corrected chi connectivity index (χ4v) is 1.86. The second-order valence-electron chi connectivity index (χ2n) is 4.46. The Morgan fingerprint density at radius 1 is 1.00 bits per heavy atom. The van der Waals surface area contributed by atoms with Crippen molar-refractivity contribution in [1.82, 2.24) is 0 Å². The molecule has 4 N–H and O–H groups in total. The number of phenols is 2. The van der Waals surface area contributed by atoms with Gasteiger partial charge in [-0.15, -0.1) is 0 Å². The van der Waals surface area contributed by atoms with Crippen molar-refractivity contribution in [3.05, 3.63) is 53.6 Å². The van der Waals surface area contributed by atoms with Crippen molar-refractivity contribution in [2.24, 2.45) is 0 Å². The summed E-state index contributed by atoms with van der Waals surface area (Å²) in [6.07, 6.45) is -0.142. The average molecular weight is 287 g/mol. The van der Waals surface area contributed by atoms with Crippen LogP contribution in [0, 0.1) is 0 Å². The van der Waals surface area contributed by atoms with Crippen LogP contribution in [0.5, 0.6) is 11.5 Å². The highest BCUT2D eigenvalue weighted by atomic mass is 16.4. The van der Waals surface area contributed by atoms with Crippen LogP contribution in [0.4, 0.5) is 5.69 Å².